The van der Waals surface area contributed by atoms with E-state index in [9.17, 15) is 10.2 Å². The molecule has 2 N–H and O–H groups in total. The van der Waals surface area contributed by atoms with Crippen LogP contribution in [0.2, 0.25) is 0 Å². The number of hydrogen-bond acceptors (Lipinski definition) is 11. The molecule has 10 nitrogen and oxygen atoms in total. The fourth-order valence-electron chi connectivity index (χ4n) is 5.13. The third-order valence-electron chi connectivity index (χ3n) is 7.40. The maximum absolute atomic E-state index is 10.6. The molecule has 4 heterocycles. The number of rotatable bonds is 9. The summed E-state index contributed by atoms with van der Waals surface area (Å²) in [4.78, 5) is 21.2. The van der Waals surface area contributed by atoms with E-state index in [1.165, 1.54) is 11.3 Å². The van der Waals surface area contributed by atoms with Gasteiger partial charge in [0.05, 0.1) is 41.9 Å². The maximum Gasteiger partial charge on any atom is 0.232 e. The molecule has 1 aromatic carbocycles. The van der Waals surface area contributed by atoms with Crippen LogP contribution >= 0.6 is 11.3 Å². The summed E-state index contributed by atoms with van der Waals surface area (Å²) in [5.74, 6) is 1.42. The van der Waals surface area contributed by atoms with Crippen molar-refractivity contribution in [1.29, 1.82) is 0 Å². The van der Waals surface area contributed by atoms with Crippen LogP contribution in [0.4, 0.5) is 17.3 Å². The number of nitrogens with zero attached hydrogens (tertiary/aromatic N) is 6. The number of ether oxygens (including phenoxy) is 2. The number of methoxy groups -OCH3 is 1. The lowest BCUT2D eigenvalue weighted by atomic mass is 10.1. The van der Waals surface area contributed by atoms with E-state index in [0.29, 0.717) is 34.8 Å². The number of anilines is 3. The molecule has 1 fully saturated rings. The Bertz CT molecular complexity index is 1530. The van der Waals surface area contributed by atoms with E-state index in [4.69, 9.17) is 14.5 Å². The number of benzene rings is 1. The summed E-state index contributed by atoms with van der Waals surface area (Å²) in [7, 11) is 3.73. The van der Waals surface area contributed by atoms with E-state index in [0.717, 1.165) is 51.7 Å². The highest BCUT2D eigenvalue weighted by Crippen LogP contribution is 2.43. The minimum absolute atomic E-state index is 0.0727. The summed E-state index contributed by atoms with van der Waals surface area (Å²) in [5, 5.41) is 20.8. The molecule has 1 aliphatic rings. The Morgan fingerprint density at radius 1 is 1.15 bits per heavy atom. The number of fused-ring (bicyclic) bond motifs is 1. The van der Waals surface area contributed by atoms with Crippen molar-refractivity contribution in [2.45, 2.75) is 46.4 Å². The van der Waals surface area contributed by atoms with Crippen LogP contribution in [0.15, 0.2) is 36.5 Å². The number of pyridine rings is 1. The molecule has 4 aromatic rings. The zero-order valence-electron chi connectivity index (χ0n) is 24.5. The van der Waals surface area contributed by atoms with Crippen LogP contribution in [0.3, 0.4) is 0 Å². The molecule has 0 amide bonds. The minimum atomic E-state index is -0.355. The lowest BCUT2D eigenvalue weighted by Gasteiger charge is -2.39. The molecular weight excluding hydrogens is 540 g/mol. The van der Waals surface area contributed by atoms with Crippen molar-refractivity contribution >= 4 is 38.9 Å². The van der Waals surface area contributed by atoms with Crippen molar-refractivity contribution in [1.82, 2.24) is 19.9 Å². The normalized spacial score (nSPS) is 16.0. The van der Waals surface area contributed by atoms with Gasteiger partial charge in [-0.3, -0.25) is 4.90 Å². The highest BCUT2D eigenvalue weighted by molar-refractivity contribution is 7.19. The van der Waals surface area contributed by atoms with Gasteiger partial charge in [-0.2, -0.15) is 0 Å². The third kappa shape index (κ3) is 5.80. The minimum Gasteiger partial charge on any atom is -0.489 e. The Kier molecular flexibility index (Phi) is 8.60. The molecule has 0 bridgehead atoms. The monoisotopic (exact) mass is 578 g/mol. The molecule has 1 unspecified atom stereocenters. The molecule has 0 radical (unpaired) electrons. The molecule has 218 valence electrons. The Morgan fingerprint density at radius 3 is 2.63 bits per heavy atom. The van der Waals surface area contributed by atoms with Crippen LogP contribution in [0.1, 0.15) is 31.3 Å². The molecule has 41 heavy (non-hydrogen) atoms. The highest BCUT2D eigenvalue weighted by atomic mass is 32.1. The molecule has 1 aliphatic heterocycles. The predicted octanol–water partition coefficient (Wildman–Crippen LogP) is 4.58. The van der Waals surface area contributed by atoms with Gasteiger partial charge in [0.1, 0.15) is 12.5 Å². The summed E-state index contributed by atoms with van der Waals surface area (Å²) in [6, 6.07) is 10.3. The number of aryl methyl sites for hydroxylation is 1. The topological polar surface area (TPSA) is 107 Å². The average Bonchev–Trinajstić information content (AvgIpc) is 3.33. The van der Waals surface area contributed by atoms with Crippen LogP contribution < -0.4 is 19.3 Å². The van der Waals surface area contributed by atoms with Gasteiger partial charge in [0.25, 0.3) is 0 Å². The van der Waals surface area contributed by atoms with E-state index in [1.54, 1.807) is 18.2 Å². The highest BCUT2D eigenvalue weighted by Gasteiger charge is 2.25. The second kappa shape index (κ2) is 12.2. The Balaban J connectivity index is 1.59. The summed E-state index contributed by atoms with van der Waals surface area (Å²) >= 11 is 1.42. The standard InChI is InChI=1S/C30H38N6O4S/c1-18(2)40-24-13-21(35-12-11-34(5)20(4)15-35)8-10-23(24)36(17-38)30-31-14-25-28(33-30)27(26(16-37)41-25)22-9-7-19(3)32-29(22)39-6/h7-10,13-14,18,20,37-38H,11-12,15-17H2,1-6H3. The quantitative estimate of drug-likeness (QED) is 0.274. The predicted molar refractivity (Wildman–Crippen MR) is 164 cm³/mol. The van der Waals surface area contributed by atoms with Gasteiger partial charge in [-0.15, -0.1) is 11.3 Å². The van der Waals surface area contributed by atoms with E-state index >= 15 is 0 Å². The summed E-state index contributed by atoms with van der Waals surface area (Å²) < 4.78 is 12.7. The van der Waals surface area contributed by atoms with E-state index in [1.807, 2.05) is 45.0 Å². The number of piperazine rings is 1. The molecule has 0 spiro atoms. The van der Waals surface area contributed by atoms with E-state index < -0.39 is 0 Å². The molecule has 0 aliphatic carbocycles. The van der Waals surface area contributed by atoms with Gasteiger partial charge in [0, 0.05) is 59.1 Å². The molecule has 3 aromatic heterocycles. The largest absolute Gasteiger partial charge is 0.489 e. The van der Waals surface area contributed by atoms with E-state index in [-0.39, 0.29) is 19.4 Å². The SMILES string of the molecule is COc1nc(C)ccc1-c1c(CO)sc2cnc(N(CO)c3ccc(N4CCN(C)C(C)C4)cc3OC(C)C)nc12. The van der Waals surface area contributed by atoms with Crippen molar-refractivity contribution in [3.05, 3.63) is 47.1 Å². The average molecular weight is 579 g/mol. The molecule has 1 saturated heterocycles. The molecule has 11 heteroatoms. The van der Waals surface area contributed by atoms with Crippen molar-refractivity contribution in [2.75, 3.05) is 50.3 Å². The molecule has 0 saturated carbocycles. The lowest BCUT2D eigenvalue weighted by molar-refractivity contribution is 0.232. The number of aromatic nitrogens is 3. The van der Waals surface area contributed by atoms with Crippen LogP contribution in [0, 0.1) is 6.92 Å². The van der Waals surface area contributed by atoms with Crippen molar-refractivity contribution in [3.63, 3.8) is 0 Å². The first-order chi connectivity index (χ1) is 19.7. The van der Waals surface area contributed by atoms with E-state index in [2.05, 4.69) is 39.8 Å². The fourth-order valence-corrected chi connectivity index (χ4v) is 6.12. The molecule has 5 rings (SSSR count). The van der Waals surface area contributed by atoms with Crippen molar-refractivity contribution in [2.24, 2.45) is 0 Å². The Hall–Kier alpha value is -3.51. The summed E-state index contributed by atoms with van der Waals surface area (Å²) in [5.41, 5.74) is 4.70. The summed E-state index contributed by atoms with van der Waals surface area (Å²) in [6.45, 7) is 10.4. The first-order valence-electron chi connectivity index (χ1n) is 13.8. The van der Waals surface area contributed by atoms with Gasteiger partial charge in [-0.25, -0.2) is 15.0 Å². The molecular formula is C30H38N6O4S. The van der Waals surface area contributed by atoms with Crippen molar-refractivity contribution < 1.29 is 19.7 Å². The first kappa shape index (κ1) is 29.0. The van der Waals surface area contributed by atoms with Crippen LogP contribution in [0.5, 0.6) is 11.6 Å². The van der Waals surface area contributed by atoms with Gasteiger partial charge < -0.3 is 29.5 Å². The van der Waals surface area contributed by atoms with Crippen LogP contribution in [0.25, 0.3) is 21.3 Å². The smallest absolute Gasteiger partial charge is 0.232 e. The lowest BCUT2D eigenvalue weighted by Crippen LogP contribution is -2.50. The van der Waals surface area contributed by atoms with Crippen LogP contribution in [-0.4, -0.2) is 82.7 Å². The van der Waals surface area contributed by atoms with Crippen LogP contribution in [-0.2, 0) is 6.61 Å². The van der Waals surface area contributed by atoms with Gasteiger partial charge in [0.2, 0.25) is 11.8 Å². The number of aliphatic hydroxyl groups excluding tert-OH is 2. The third-order valence-corrected chi connectivity index (χ3v) is 8.50. The number of hydrogen-bond donors (Lipinski definition) is 2. The molecule has 1 atom stereocenters. The van der Waals surface area contributed by atoms with Gasteiger partial charge in [-0.1, -0.05) is 0 Å². The summed E-state index contributed by atoms with van der Waals surface area (Å²) in [6.07, 6.45) is 1.65. The first-order valence-corrected chi connectivity index (χ1v) is 14.6. The maximum atomic E-state index is 10.6. The van der Waals surface area contributed by atoms with Gasteiger partial charge in [-0.05, 0) is 59.0 Å². The van der Waals surface area contributed by atoms with Gasteiger partial charge >= 0.3 is 0 Å². The number of thiophene rings is 1. The zero-order chi connectivity index (χ0) is 29.3. The number of aliphatic hydroxyl groups is 2. The van der Waals surface area contributed by atoms with Crippen molar-refractivity contribution in [3.8, 4) is 22.8 Å². The Labute approximate surface area is 244 Å². The zero-order valence-corrected chi connectivity index (χ0v) is 25.3. The Morgan fingerprint density at radius 2 is 1.95 bits per heavy atom. The second-order valence-corrected chi connectivity index (χ2v) is 11.8. The fraction of sp³-hybridized carbons (Fsp3) is 0.433. The second-order valence-electron chi connectivity index (χ2n) is 10.6. The number of likely N-dealkylation sites (N-methyl/N-ethyl adjacent to an activating group) is 1. The van der Waals surface area contributed by atoms with Gasteiger partial charge in [0.15, 0.2) is 0 Å².